The predicted molar refractivity (Wildman–Crippen MR) is 98.4 cm³/mol. The molecule has 2 aromatic carbocycles. The number of anilines is 1. The first-order valence-corrected chi connectivity index (χ1v) is 8.68. The molecule has 2 N–H and O–H groups in total. The molecule has 0 radical (unpaired) electrons. The van der Waals surface area contributed by atoms with Crippen LogP contribution >= 0.6 is 12.0 Å². The number of hydrogen-bond donors (Lipinski definition) is 1. The zero-order valence-corrected chi connectivity index (χ0v) is 14.8. The first kappa shape index (κ1) is 17.1. The van der Waals surface area contributed by atoms with Gasteiger partial charge in [0.2, 0.25) is 5.82 Å². The molecule has 0 atom stereocenters. The molecular weight excluding hydrogens is 334 g/mol. The van der Waals surface area contributed by atoms with E-state index in [4.69, 9.17) is 14.7 Å². The summed E-state index contributed by atoms with van der Waals surface area (Å²) in [5.74, 6) is 2.06. The lowest BCUT2D eigenvalue weighted by Gasteiger charge is -2.10. The largest absolute Gasteiger partial charge is 0.489 e. The summed E-state index contributed by atoms with van der Waals surface area (Å²) in [6.45, 7) is 3.24. The Bertz CT molecular complexity index is 811. The number of ether oxygens (including phenoxy) is 1. The molecular formula is C19H20N3O2S+. The Balaban J connectivity index is 1.56. The molecule has 0 aliphatic carbocycles. The minimum absolute atomic E-state index is 0.508. The van der Waals surface area contributed by atoms with Gasteiger partial charge in [0.15, 0.2) is 0 Å². The van der Waals surface area contributed by atoms with E-state index in [1.165, 1.54) is 12.0 Å². The minimum Gasteiger partial charge on any atom is -0.489 e. The van der Waals surface area contributed by atoms with Crippen molar-refractivity contribution in [1.82, 2.24) is 4.98 Å². The van der Waals surface area contributed by atoms with Crippen LogP contribution in [0.4, 0.5) is 5.82 Å². The molecule has 0 saturated heterocycles. The van der Waals surface area contributed by atoms with E-state index in [0.29, 0.717) is 19.0 Å². The standard InChI is InChI=1S/C19H19N3O2S/c1-15-11-16(23-10-9-22-8-7-19(20)21-14-22)13-17(12-15)24-25-18-5-3-2-4-6-18/h2-8,11-14,20H,9-10H2,1H3/p+1. The van der Waals surface area contributed by atoms with Gasteiger partial charge in [-0.2, -0.15) is 0 Å². The number of nitrogens with zero attached hydrogens (tertiary/aromatic N) is 2. The summed E-state index contributed by atoms with van der Waals surface area (Å²) in [4.78, 5) is 5.10. The van der Waals surface area contributed by atoms with Crippen LogP contribution < -0.4 is 19.2 Å². The molecule has 128 valence electrons. The van der Waals surface area contributed by atoms with Crippen LogP contribution in [0.2, 0.25) is 0 Å². The van der Waals surface area contributed by atoms with Crippen LogP contribution in [-0.4, -0.2) is 11.6 Å². The van der Waals surface area contributed by atoms with Crippen LogP contribution in [-0.2, 0) is 6.54 Å². The third-order valence-corrected chi connectivity index (χ3v) is 4.15. The maximum absolute atomic E-state index is 5.84. The minimum atomic E-state index is 0.508. The molecule has 0 aliphatic heterocycles. The molecule has 3 aromatic rings. The molecule has 5 nitrogen and oxygen atoms in total. The smallest absolute Gasteiger partial charge is 0.288 e. The summed E-state index contributed by atoms with van der Waals surface area (Å²) >= 11 is 1.33. The molecule has 0 spiro atoms. The van der Waals surface area contributed by atoms with E-state index in [-0.39, 0.29) is 0 Å². The van der Waals surface area contributed by atoms with Crippen molar-refractivity contribution in [3.05, 3.63) is 72.7 Å². The SMILES string of the molecule is Cc1cc(OCC[n+]2ccc(N)nc2)cc(OSc2ccccc2)c1. The van der Waals surface area contributed by atoms with Crippen molar-refractivity contribution < 1.29 is 13.5 Å². The van der Waals surface area contributed by atoms with Crippen molar-refractivity contribution in [2.45, 2.75) is 18.4 Å². The van der Waals surface area contributed by atoms with Gasteiger partial charge in [-0.05, 0) is 41.7 Å². The second-order valence-electron chi connectivity index (χ2n) is 5.53. The van der Waals surface area contributed by atoms with Crippen molar-refractivity contribution in [1.29, 1.82) is 0 Å². The summed E-state index contributed by atoms with van der Waals surface area (Å²) in [6.07, 6.45) is 3.58. The number of aryl methyl sites for hydroxylation is 1. The Kier molecular flexibility index (Phi) is 5.74. The van der Waals surface area contributed by atoms with Crippen LogP contribution in [0, 0.1) is 6.92 Å². The molecule has 3 rings (SSSR count). The van der Waals surface area contributed by atoms with E-state index in [0.717, 1.165) is 22.0 Å². The van der Waals surface area contributed by atoms with E-state index >= 15 is 0 Å². The number of nitrogens with two attached hydrogens (primary N) is 1. The Hall–Kier alpha value is -2.73. The summed E-state index contributed by atoms with van der Waals surface area (Å²) in [5, 5.41) is 0. The maximum Gasteiger partial charge on any atom is 0.288 e. The van der Waals surface area contributed by atoms with Crippen molar-refractivity contribution in [2.75, 3.05) is 12.3 Å². The van der Waals surface area contributed by atoms with E-state index < -0.39 is 0 Å². The molecule has 1 aromatic heterocycles. The lowest BCUT2D eigenvalue weighted by molar-refractivity contribution is -0.700. The predicted octanol–water partition coefficient (Wildman–Crippen LogP) is 3.42. The maximum atomic E-state index is 5.84. The van der Waals surface area contributed by atoms with Gasteiger partial charge in [0, 0.05) is 17.0 Å². The van der Waals surface area contributed by atoms with Gasteiger partial charge >= 0.3 is 0 Å². The number of aromatic nitrogens is 2. The quantitative estimate of drug-likeness (QED) is 0.520. The normalized spacial score (nSPS) is 10.4. The molecule has 0 fully saturated rings. The topological polar surface area (TPSA) is 61.2 Å². The first-order chi connectivity index (χ1) is 12.2. The van der Waals surface area contributed by atoms with Gasteiger partial charge in [-0.15, -0.1) is 0 Å². The molecule has 6 heteroatoms. The highest BCUT2D eigenvalue weighted by Gasteiger charge is 2.05. The monoisotopic (exact) mass is 354 g/mol. The van der Waals surface area contributed by atoms with Gasteiger partial charge in [-0.25, -0.2) is 4.57 Å². The second-order valence-corrected chi connectivity index (χ2v) is 6.34. The van der Waals surface area contributed by atoms with E-state index in [9.17, 15) is 0 Å². The van der Waals surface area contributed by atoms with Crippen LogP contribution in [0.3, 0.4) is 0 Å². The van der Waals surface area contributed by atoms with Crippen LogP contribution in [0.5, 0.6) is 11.5 Å². The summed E-state index contributed by atoms with van der Waals surface area (Å²) in [7, 11) is 0. The average molecular weight is 354 g/mol. The lowest BCUT2D eigenvalue weighted by Crippen LogP contribution is -2.36. The zero-order chi connectivity index (χ0) is 17.5. The van der Waals surface area contributed by atoms with Gasteiger partial charge in [0.1, 0.15) is 24.7 Å². The highest BCUT2D eigenvalue weighted by atomic mass is 32.2. The average Bonchev–Trinajstić information content (AvgIpc) is 2.62. The van der Waals surface area contributed by atoms with E-state index in [2.05, 4.69) is 4.98 Å². The Morgan fingerprint density at radius 1 is 1.08 bits per heavy atom. The second kappa shape index (κ2) is 8.39. The van der Waals surface area contributed by atoms with E-state index in [1.807, 2.05) is 66.2 Å². The van der Waals surface area contributed by atoms with Gasteiger partial charge in [-0.1, -0.05) is 18.2 Å². The fourth-order valence-corrected chi connectivity index (χ4v) is 2.77. The van der Waals surface area contributed by atoms with Crippen LogP contribution in [0.1, 0.15) is 5.56 Å². The molecule has 0 amide bonds. The Morgan fingerprint density at radius 3 is 2.64 bits per heavy atom. The molecule has 1 heterocycles. The number of nitrogen functional groups attached to an aromatic ring is 1. The van der Waals surface area contributed by atoms with Gasteiger partial charge in [-0.3, -0.25) is 0 Å². The summed E-state index contributed by atoms with van der Waals surface area (Å²) in [6, 6.07) is 17.6. The van der Waals surface area contributed by atoms with Gasteiger partial charge in [0.05, 0.1) is 18.2 Å². The zero-order valence-electron chi connectivity index (χ0n) is 14.0. The fraction of sp³-hybridized carbons (Fsp3) is 0.158. The summed E-state index contributed by atoms with van der Waals surface area (Å²) in [5.41, 5.74) is 6.66. The van der Waals surface area contributed by atoms with Crippen LogP contribution in [0.25, 0.3) is 0 Å². The van der Waals surface area contributed by atoms with Gasteiger partial charge < -0.3 is 14.7 Å². The Labute approximate surface area is 151 Å². The van der Waals surface area contributed by atoms with Crippen LogP contribution in [0.15, 0.2) is 72.0 Å². The number of hydrogen-bond acceptors (Lipinski definition) is 5. The number of rotatable bonds is 7. The third-order valence-electron chi connectivity index (χ3n) is 3.41. The summed E-state index contributed by atoms with van der Waals surface area (Å²) < 4.78 is 13.6. The molecule has 0 unspecified atom stereocenters. The third kappa shape index (κ3) is 5.39. The molecule has 25 heavy (non-hydrogen) atoms. The fourth-order valence-electron chi connectivity index (χ4n) is 2.21. The Morgan fingerprint density at radius 2 is 1.88 bits per heavy atom. The first-order valence-electron chi connectivity index (χ1n) is 7.94. The van der Waals surface area contributed by atoms with E-state index in [1.54, 1.807) is 12.4 Å². The lowest BCUT2D eigenvalue weighted by atomic mass is 10.2. The highest BCUT2D eigenvalue weighted by Crippen LogP contribution is 2.28. The van der Waals surface area contributed by atoms with Gasteiger partial charge in [0.25, 0.3) is 6.33 Å². The number of benzene rings is 2. The molecule has 0 aliphatic rings. The van der Waals surface area contributed by atoms with Crippen molar-refractivity contribution >= 4 is 17.9 Å². The van der Waals surface area contributed by atoms with Crippen molar-refractivity contribution in [2.24, 2.45) is 0 Å². The van der Waals surface area contributed by atoms with Crippen molar-refractivity contribution in [3.63, 3.8) is 0 Å². The highest BCUT2D eigenvalue weighted by molar-refractivity contribution is 7.95. The molecule has 0 bridgehead atoms. The van der Waals surface area contributed by atoms with Crippen molar-refractivity contribution in [3.8, 4) is 11.5 Å². The molecule has 0 saturated carbocycles.